The Morgan fingerprint density at radius 2 is 1.84 bits per heavy atom. The Hall–Kier alpha value is -1.06. The Bertz CT molecular complexity index is 411. The van der Waals surface area contributed by atoms with Gasteiger partial charge in [-0.05, 0) is 55.8 Å². The highest BCUT2D eigenvalue weighted by Gasteiger charge is 2.25. The lowest BCUT2D eigenvalue weighted by Gasteiger charge is -2.26. The third-order valence-electron chi connectivity index (χ3n) is 3.87. The first-order chi connectivity index (χ1) is 9.15. The van der Waals surface area contributed by atoms with Gasteiger partial charge < -0.3 is 10.4 Å². The Morgan fingerprint density at radius 3 is 2.42 bits per heavy atom. The fourth-order valence-corrected chi connectivity index (χ4v) is 2.76. The fourth-order valence-electron chi connectivity index (χ4n) is 2.64. The molecule has 1 aromatic carbocycles. The van der Waals surface area contributed by atoms with E-state index in [9.17, 15) is 4.79 Å². The summed E-state index contributed by atoms with van der Waals surface area (Å²) in [7, 11) is 0. The van der Waals surface area contributed by atoms with E-state index < -0.39 is 5.97 Å². The molecule has 2 N–H and O–H groups in total. The third-order valence-corrected chi connectivity index (χ3v) is 4.12. The molecule has 19 heavy (non-hydrogen) atoms. The lowest BCUT2D eigenvalue weighted by atomic mass is 9.82. The van der Waals surface area contributed by atoms with Gasteiger partial charge in [-0.3, -0.25) is 4.79 Å². The van der Waals surface area contributed by atoms with Crippen LogP contribution in [0.1, 0.15) is 31.2 Å². The Balaban J connectivity index is 1.67. The Morgan fingerprint density at radius 1 is 1.21 bits per heavy atom. The van der Waals surface area contributed by atoms with Crippen molar-refractivity contribution in [1.29, 1.82) is 0 Å². The van der Waals surface area contributed by atoms with Crippen LogP contribution in [0.15, 0.2) is 24.3 Å². The lowest BCUT2D eigenvalue weighted by Crippen LogP contribution is -2.28. The van der Waals surface area contributed by atoms with Crippen LogP contribution in [0.5, 0.6) is 0 Å². The van der Waals surface area contributed by atoms with Gasteiger partial charge in [0.05, 0.1) is 5.92 Å². The van der Waals surface area contributed by atoms with Crippen molar-refractivity contribution in [2.45, 2.75) is 32.2 Å². The molecular weight excluding hydrogens is 262 g/mol. The topological polar surface area (TPSA) is 49.3 Å². The summed E-state index contributed by atoms with van der Waals surface area (Å²) in [5.74, 6) is -0.136. The van der Waals surface area contributed by atoms with Crippen molar-refractivity contribution < 1.29 is 9.90 Å². The van der Waals surface area contributed by atoms with Crippen molar-refractivity contribution >= 4 is 17.6 Å². The van der Waals surface area contributed by atoms with Crippen LogP contribution in [0.3, 0.4) is 0 Å². The highest BCUT2D eigenvalue weighted by Crippen LogP contribution is 2.28. The number of carboxylic acids is 1. The van der Waals surface area contributed by atoms with E-state index in [0.29, 0.717) is 5.92 Å². The van der Waals surface area contributed by atoms with E-state index in [-0.39, 0.29) is 5.92 Å². The first-order valence-electron chi connectivity index (χ1n) is 6.83. The second-order valence-corrected chi connectivity index (χ2v) is 5.75. The van der Waals surface area contributed by atoms with Gasteiger partial charge in [0.25, 0.3) is 0 Å². The molecule has 1 aromatic rings. The van der Waals surface area contributed by atoms with Crippen molar-refractivity contribution in [1.82, 2.24) is 5.32 Å². The standard InChI is InChI=1S/C15H20ClNO2/c16-14-7-3-12(4-8-14)10-17-9-11-1-5-13(6-2-11)15(18)19/h3-4,7-8,11,13,17H,1-2,5-6,9-10H2,(H,18,19). The predicted octanol–water partition coefficient (Wildman–Crippen LogP) is 3.32. The molecule has 0 atom stereocenters. The van der Waals surface area contributed by atoms with Gasteiger partial charge in [-0.25, -0.2) is 0 Å². The maximum atomic E-state index is 10.9. The Labute approximate surface area is 119 Å². The largest absolute Gasteiger partial charge is 0.481 e. The van der Waals surface area contributed by atoms with Crippen molar-refractivity contribution in [3.63, 3.8) is 0 Å². The number of hydrogen-bond acceptors (Lipinski definition) is 2. The van der Waals surface area contributed by atoms with Crippen LogP contribution in [-0.4, -0.2) is 17.6 Å². The normalized spacial score (nSPS) is 23.2. The molecule has 1 aliphatic carbocycles. The SMILES string of the molecule is O=C(O)C1CCC(CNCc2ccc(Cl)cc2)CC1. The van der Waals surface area contributed by atoms with Gasteiger partial charge in [0.15, 0.2) is 0 Å². The molecule has 0 amide bonds. The van der Waals surface area contributed by atoms with Crippen molar-refractivity contribution in [2.24, 2.45) is 11.8 Å². The molecule has 1 aliphatic rings. The number of aliphatic carboxylic acids is 1. The molecule has 0 saturated heterocycles. The number of carboxylic acid groups (broad SMARTS) is 1. The first kappa shape index (κ1) is 14.4. The minimum absolute atomic E-state index is 0.118. The smallest absolute Gasteiger partial charge is 0.306 e. The van der Waals surface area contributed by atoms with Gasteiger partial charge >= 0.3 is 5.97 Å². The number of nitrogens with one attached hydrogen (secondary N) is 1. The number of halogens is 1. The summed E-state index contributed by atoms with van der Waals surface area (Å²) in [5.41, 5.74) is 1.23. The van der Waals surface area contributed by atoms with E-state index in [1.54, 1.807) is 0 Å². The van der Waals surface area contributed by atoms with Gasteiger partial charge in [0.2, 0.25) is 0 Å². The molecule has 1 saturated carbocycles. The van der Waals surface area contributed by atoms with Crippen LogP contribution in [0.2, 0.25) is 5.02 Å². The molecule has 0 bridgehead atoms. The molecule has 0 unspecified atom stereocenters. The van der Waals surface area contributed by atoms with Crippen molar-refractivity contribution in [2.75, 3.05) is 6.54 Å². The molecule has 0 aliphatic heterocycles. The Kier molecular flexibility index (Phi) is 5.23. The van der Waals surface area contributed by atoms with Crippen molar-refractivity contribution in [3.8, 4) is 0 Å². The first-order valence-corrected chi connectivity index (χ1v) is 7.21. The second kappa shape index (κ2) is 6.92. The minimum atomic E-state index is -0.632. The lowest BCUT2D eigenvalue weighted by molar-refractivity contribution is -0.143. The number of carbonyl (C=O) groups is 1. The van der Waals surface area contributed by atoms with Crippen LogP contribution in [0.25, 0.3) is 0 Å². The van der Waals surface area contributed by atoms with Gasteiger partial charge in [-0.2, -0.15) is 0 Å². The summed E-state index contributed by atoms with van der Waals surface area (Å²) in [5, 5.41) is 13.1. The average Bonchev–Trinajstić information content (AvgIpc) is 2.41. The van der Waals surface area contributed by atoms with E-state index in [0.717, 1.165) is 43.8 Å². The highest BCUT2D eigenvalue weighted by atomic mass is 35.5. The molecule has 0 heterocycles. The quantitative estimate of drug-likeness (QED) is 0.870. The van der Waals surface area contributed by atoms with Crippen LogP contribution in [0.4, 0.5) is 0 Å². The van der Waals surface area contributed by atoms with Crippen molar-refractivity contribution in [3.05, 3.63) is 34.9 Å². The van der Waals surface area contributed by atoms with Gasteiger partial charge in [-0.15, -0.1) is 0 Å². The summed E-state index contributed by atoms with van der Waals surface area (Å²) < 4.78 is 0. The van der Waals surface area contributed by atoms with Crippen LogP contribution >= 0.6 is 11.6 Å². The number of benzene rings is 1. The summed E-state index contributed by atoms with van der Waals surface area (Å²) in [4.78, 5) is 10.9. The molecule has 0 aromatic heterocycles. The summed E-state index contributed by atoms with van der Waals surface area (Å²) in [6.45, 7) is 1.81. The zero-order chi connectivity index (χ0) is 13.7. The van der Waals surface area contributed by atoms with Gasteiger partial charge in [-0.1, -0.05) is 23.7 Å². The van der Waals surface area contributed by atoms with E-state index in [2.05, 4.69) is 5.32 Å². The summed E-state index contributed by atoms with van der Waals surface area (Å²) >= 11 is 5.84. The van der Waals surface area contributed by atoms with Crippen LogP contribution in [0, 0.1) is 11.8 Å². The zero-order valence-corrected chi connectivity index (χ0v) is 11.7. The molecule has 104 valence electrons. The number of hydrogen-bond donors (Lipinski definition) is 2. The molecule has 2 rings (SSSR count). The van der Waals surface area contributed by atoms with E-state index in [1.165, 1.54) is 5.56 Å². The molecule has 1 fully saturated rings. The van der Waals surface area contributed by atoms with E-state index >= 15 is 0 Å². The monoisotopic (exact) mass is 281 g/mol. The molecule has 4 heteroatoms. The maximum Gasteiger partial charge on any atom is 0.306 e. The summed E-state index contributed by atoms with van der Waals surface area (Å²) in [6, 6.07) is 7.85. The molecule has 0 spiro atoms. The van der Waals surface area contributed by atoms with Crippen LogP contribution in [-0.2, 0) is 11.3 Å². The number of rotatable bonds is 5. The van der Waals surface area contributed by atoms with Gasteiger partial charge in [0.1, 0.15) is 0 Å². The minimum Gasteiger partial charge on any atom is -0.481 e. The van der Waals surface area contributed by atoms with E-state index in [1.807, 2.05) is 24.3 Å². The maximum absolute atomic E-state index is 10.9. The fraction of sp³-hybridized carbons (Fsp3) is 0.533. The molecule has 3 nitrogen and oxygen atoms in total. The average molecular weight is 282 g/mol. The zero-order valence-electron chi connectivity index (χ0n) is 10.9. The third kappa shape index (κ3) is 4.51. The second-order valence-electron chi connectivity index (χ2n) is 5.31. The molecular formula is C15H20ClNO2. The van der Waals surface area contributed by atoms with Crippen LogP contribution < -0.4 is 5.32 Å². The summed E-state index contributed by atoms with van der Waals surface area (Å²) in [6.07, 6.45) is 3.68. The molecule has 0 radical (unpaired) electrons. The predicted molar refractivity (Wildman–Crippen MR) is 76.2 cm³/mol. The highest BCUT2D eigenvalue weighted by molar-refractivity contribution is 6.30. The van der Waals surface area contributed by atoms with E-state index in [4.69, 9.17) is 16.7 Å². The van der Waals surface area contributed by atoms with Gasteiger partial charge in [0, 0.05) is 11.6 Å².